The molecule has 11 heteroatoms. The molecule has 0 saturated carbocycles. The molecule has 0 aromatic heterocycles. The summed E-state index contributed by atoms with van der Waals surface area (Å²) in [5, 5.41) is 2.47. The molecule has 3 aromatic carbocycles. The van der Waals surface area contributed by atoms with E-state index in [-0.39, 0.29) is 23.4 Å². The Kier molecular flexibility index (Phi) is 7.22. The highest BCUT2D eigenvalue weighted by atomic mass is 32.2. The van der Waals surface area contributed by atoms with Crippen molar-refractivity contribution in [3.8, 4) is 11.8 Å². The quantitative estimate of drug-likeness (QED) is 0.403. The predicted molar refractivity (Wildman–Crippen MR) is 114 cm³/mol. The summed E-state index contributed by atoms with van der Waals surface area (Å²) >= 11 is 0. The van der Waals surface area contributed by atoms with Gasteiger partial charge in [0.15, 0.2) is 11.6 Å². The Balaban J connectivity index is 1.60. The molecule has 0 unspecified atom stereocenters. The fourth-order valence-corrected chi connectivity index (χ4v) is 3.76. The third kappa shape index (κ3) is 6.32. The number of rotatable bonds is 5. The molecule has 0 fully saturated rings. The molecule has 0 bridgehead atoms. The lowest BCUT2D eigenvalue weighted by Gasteiger charge is -2.09. The average Bonchev–Trinajstić information content (AvgIpc) is 2.78. The van der Waals surface area contributed by atoms with Crippen LogP contribution < -0.4 is 10.0 Å². The molecule has 176 valence electrons. The molecular weight excluding hydrogens is 479 g/mol. The molecule has 0 aliphatic rings. The van der Waals surface area contributed by atoms with Gasteiger partial charge < -0.3 is 5.32 Å². The Morgan fingerprint density at radius 2 is 1.62 bits per heavy atom. The van der Waals surface area contributed by atoms with Gasteiger partial charge in [-0.3, -0.25) is 9.52 Å². The summed E-state index contributed by atoms with van der Waals surface area (Å²) in [6.07, 6.45) is -4.48. The van der Waals surface area contributed by atoms with Crippen molar-refractivity contribution in [1.82, 2.24) is 5.32 Å². The van der Waals surface area contributed by atoms with Gasteiger partial charge in [0.1, 0.15) is 0 Å². The smallest absolute Gasteiger partial charge is 0.341 e. The van der Waals surface area contributed by atoms with Crippen molar-refractivity contribution in [3.63, 3.8) is 0 Å². The minimum Gasteiger partial charge on any atom is -0.341 e. The first-order valence-electron chi connectivity index (χ1n) is 9.48. The molecule has 5 nitrogen and oxygen atoms in total. The van der Waals surface area contributed by atoms with Crippen LogP contribution in [0.1, 0.15) is 21.5 Å². The van der Waals surface area contributed by atoms with E-state index >= 15 is 0 Å². The highest BCUT2D eigenvalue weighted by Crippen LogP contribution is 2.29. The molecule has 0 saturated heterocycles. The van der Waals surface area contributed by atoms with Crippen LogP contribution >= 0.6 is 0 Å². The molecule has 34 heavy (non-hydrogen) atoms. The van der Waals surface area contributed by atoms with Gasteiger partial charge in [0.25, 0.3) is 15.9 Å². The van der Waals surface area contributed by atoms with Crippen LogP contribution in [0.4, 0.5) is 27.6 Å². The van der Waals surface area contributed by atoms with Crippen molar-refractivity contribution < 1.29 is 35.2 Å². The predicted octanol–water partition coefficient (Wildman–Crippen LogP) is 4.57. The van der Waals surface area contributed by atoms with Crippen LogP contribution in [0.15, 0.2) is 71.6 Å². The van der Waals surface area contributed by atoms with Gasteiger partial charge in [0.05, 0.1) is 17.0 Å². The maximum absolute atomic E-state index is 13.3. The minimum absolute atomic E-state index is 0.0746. The van der Waals surface area contributed by atoms with Crippen LogP contribution in [-0.4, -0.2) is 20.9 Å². The van der Waals surface area contributed by atoms with E-state index in [1.54, 1.807) is 0 Å². The Morgan fingerprint density at radius 3 is 2.26 bits per heavy atom. The summed E-state index contributed by atoms with van der Waals surface area (Å²) in [6, 6.07) is 11.8. The van der Waals surface area contributed by atoms with E-state index in [1.165, 1.54) is 36.4 Å². The molecule has 0 aliphatic carbocycles. The van der Waals surface area contributed by atoms with Gasteiger partial charge in [-0.25, -0.2) is 17.2 Å². The van der Waals surface area contributed by atoms with E-state index in [2.05, 4.69) is 21.9 Å². The molecule has 0 atom stereocenters. The standard InChI is InChI=1S/C23H15F5N2O3S/c24-20-11-10-19(14-21(20)25)34(32,33)30-18-8-6-16(7-9-18)22(31)29-12-2-4-15-3-1-5-17(13-15)23(26,27)28/h1,3,5-11,13-14,30H,12H2,(H,29,31). The van der Waals surface area contributed by atoms with Crippen LogP contribution in [0.3, 0.4) is 0 Å². The summed E-state index contributed by atoms with van der Waals surface area (Å²) in [7, 11) is -4.19. The topological polar surface area (TPSA) is 75.3 Å². The Morgan fingerprint density at radius 1 is 0.912 bits per heavy atom. The van der Waals surface area contributed by atoms with Crippen LogP contribution in [0.5, 0.6) is 0 Å². The number of hydrogen-bond acceptors (Lipinski definition) is 3. The van der Waals surface area contributed by atoms with Gasteiger partial charge in [0, 0.05) is 16.8 Å². The number of nitrogens with one attached hydrogen (secondary N) is 2. The fraction of sp³-hybridized carbons (Fsp3) is 0.0870. The number of anilines is 1. The number of hydrogen-bond donors (Lipinski definition) is 2. The summed E-state index contributed by atoms with van der Waals surface area (Å²) < 4.78 is 91.2. The Bertz CT molecular complexity index is 1380. The maximum atomic E-state index is 13.3. The minimum atomic E-state index is -4.48. The third-order valence-electron chi connectivity index (χ3n) is 4.36. The summed E-state index contributed by atoms with van der Waals surface area (Å²) in [5.41, 5.74) is -0.451. The maximum Gasteiger partial charge on any atom is 0.416 e. The lowest BCUT2D eigenvalue weighted by molar-refractivity contribution is -0.137. The van der Waals surface area contributed by atoms with Gasteiger partial charge in [-0.1, -0.05) is 17.9 Å². The van der Waals surface area contributed by atoms with Gasteiger partial charge in [0.2, 0.25) is 0 Å². The molecule has 0 aliphatic heterocycles. The number of carbonyl (C=O) groups excluding carboxylic acids is 1. The van der Waals surface area contributed by atoms with E-state index in [0.717, 1.165) is 18.2 Å². The van der Waals surface area contributed by atoms with E-state index in [4.69, 9.17) is 0 Å². The van der Waals surface area contributed by atoms with Crippen LogP contribution in [0, 0.1) is 23.5 Å². The zero-order chi connectivity index (χ0) is 24.9. The molecule has 0 spiro atoms. The van der Waals surface area contributed by atoms with Crippen molar-refractivity contribution in [2.24, 2.45) is 0 Å². The van der Waals surface area contributed by atoms with E-state index in [1.807, 2.05) is 0 Å². The van der Waals surface area contributed by atoms with Crippen molar-refractivity contribution in [2.45, 2.75) is 11.1 Å². The first-order valence-corrected chi connectivity index (χ1v) is 11.0. The number of carbonyl (C=O) groups is 1. The number of sulfonamides is 1. The van der Waals surface area contributed by atoms with Gasteiger partial charge >= 0.3 is 6.18 Å². The molecule has 3 aromatic rings. The van der Waals surface area contributed by atoms with Crippen molar-refractivity contribution in [2.75, 3.05) is 11.3 Å². The zero-order valence-electron chi connectivity index (χ0n) is 17.1. The van der Waals surface area contributed by atoms with Crippen LogP contribution in [-0.2, 0) is 16.2 Å². The van der Waals surface area contributed by atoms with Crippen molar-refractivity contribution in [1.29, 1.82) is 0 Å². The SMILES string of the molecule is O=C(NCC#Cc1cccc(C(F)(F)F)c1)c1ccc(NS(=O)(=O)c2ccc(F)c(F)c2)cc1. The molecular formula is C23H15F5N2O3S. The first kappa shape index (κ1) is 24.7. The van der Waals surface area contributed by atoms with Gasteiger partial charge in [-0.2, -0.15) is 13.2 Å². The van der Waals surface area contributed by atoms with Crippen LogP contribution in [0.25, 0.3) is 0 Å². The number of halogens is 5. The molecule has 3 rings (SSSR count). The van der Waals surface area contributed by atoms with E-state index in [9.17, 15) is 35.2 Å². The van der Waals surface area contributed by atoms with E-state index in [0.29, 0.717) is 12.1 Å². The molecule has 2 N–H and O–H groups in total. The number of amides is 1. The molecule has 0 heterocycles. The second-order valence-corrected chi connectivity index (χ2v) is 8.50. The summed E-state index contributed by atoms with van der Waals surface area (Å²) in [5.74, 6) is 2.03. The highest BCUT2D eigenvalue weighted by Gasteiger charge is 2.30. The fourth-order valence-electron chi connectivity index (χ4n) is 2.69. The third-order valence-corrected chi connectivity index (χ3v) is 5.74. The average molecular weight is 494 g/mol. The van der Waals surface area contributed by atoms with Crippen LogP contribution in [0.2, 0.25) is 0 Å². The Labute approximate surface area is 191 Å². The van der Waals surface area contributed by atoms with Gasteiger partial charge in [-0.05, 0) is 60.7 Å². The van der Waals surface area contributed by atoms with E-state index < -0.39 is 44.2 Å². The normalized spacial score (nSPS) is 11.3. The lowest BCUT2D eigenvalue weighted by Crippen LogP contribution is -2.23. The highest BCUT2D eigenvalue weighted by molar-refractivity contribution is 7.92. The first-order chi connectivity index (χ1) is 16.0. The van der Waals surface area contributed by atoms with Gasteiger partial charge in [-0.15, -0.1) is 0 Å². The summed E-state index contributed by atoms with van der Waals surface area (Å²) in [4.78, 5) is 11.7. The largest absolute Gasteiger partial charge is 0.416 e. The second-order valence-electron chi connectivity index (χ2n) is 6.82. The van der Waals surface area contributed by atoms with Crippen molar-refractivity contribution >= 4 is 21.6 Å². The Hall–Kier alpha value is -3.91. The number of alkyl halides is 3. The molecule has 0 radical (unpaired) electrons. The zero-order valence-corrected chi connectivity index (χ0v) is 17.9. The number of benzene rings is 3. The second kappa shape index (κ2) is 9.93. The lowest BCUT2D eigenvalue weighted by atomic mass is 10.1. The summed E-state index contributed by atoms with van der Waals surface area (Å²) in [6.45, 7) is -0.139. The van der Waals surface area contributed by atoms with Crippen molar-refractivity contribution in [3.05, 3.63) is 95.1 Å². The molecule has 1 amide bonds. The monoisotopic (exact) mass is 494 g/mol.